The van der Waals surface area contributed by atoms with Gasteiger partial charge in [-0.3, -0.25) is 9.78 Å². The van der Waals surface area contributed by atoms with E-state index in [-0.39, 0.29) is 24.0 Å². The second-order valence-electron chi connectivity index (χ2n) is 10.0. The fraction of sp³-hybridized carbons (Fsp3) is 0.393. The van der Waals surface area contributed by atoms with E-state index in [0.717, 1.165) is 47.0 Å². The highest BCUT2D eigenvalue weighted by molar-refractivity contribution is 6.05. The van der Waals surface area contributed by atoms with Crippen molar-refractivity contribution in [1.29, 1.82) is 0 Å². The number of fused-ring (bicyclic) bond motifs is 2. The van der Waals surface area contributed by atoms with Crippen molar-refractivity contribution < 1.29 is 14.3 Å². The molecule has 0 spiro atoms. The van der Waals surface area contributed by atoms with Gasteiger partial charge in [0.15, 0.2) is 6.61 Å². The number of carbonyl (C=O) groups excluding carboxylic acids is 2. The third-order valence-corrected chi connectivity index (χ3v) is 6.70. The molecule has 0 saturated carbocycles. The molecule has 0 radical (unpaired) electrons. The quantitative estimate of drug-likeness (QED) is 0.534. The third-order valence-electron chi connectivity index (χ3n) is 6.70. The van der Waals surface area contributed by atoms with Crippen LogP contribution in [0, 0.1) is 11.3 Å². The lowest BCUT2D eigenvalue weighted by molar-refractivity contribution is -0.124. The van der Waals surface area contributed by atoms with Crippen molar-refractivity contribution in [1.82, 2.24) is 10.3 Å². The minimum absolute atomic E-state index is 0.137. The average Bonchev–Trinajstić information content (AvgIpc) is 2.80. The summed E-state index contributed by atoms with van der Waals surface area (Å²) in [4.78, 5) is 30.7. The van der Waals surface area contributed by atoms with Crippen molar-refractivity contribution in [2.75, 3.05) is 6.61 Å². The summed E-state index contributed by atoms with van der Waals surface area (Å²) in [5, 5.41) is 3.69. The molecule has 2 aromatic carbocycles. The topological polar surface area (TPSA) is 68.3 Å². The highest BCUT2D eigenvalue weighted by Crippen LogP contribution is 2.39. The Morgan fingerprint density at radius 3 is 2.52 bits per heavy atom. The summed E-state index contributed by atoms with van der Waals surface area (Å²) in [5.74, 6) is -0.323. The number of amides is 1. The largest absolute Gasteiger partial charge is 0.452 e. The van der Waals surface area contributed by atoms with Crippen LogP contribution in [0.25, 0.3) is 10.9 Å². The van der Waals surface area contributed by atoms with E-state index in [0.29, 0.717) is 11.5 Å². The number of esters is 1. The van der Waals surface area contributed by atoms with E-state index < -0.39 is 5.97 Å². The molecule has 0 aliphatic heterocycles. The van der Waals surface area contributed by atoms with E-state index in [2.05, 4.69) is 26.1 Å². The molecule has 1 amide bonds. The molecule has 33 heavy (non-hydrogen) atoms. The van der Waals surface area contributed by atoms with Crippen molar-refractivity contribution in [2.24, 2.45) is 11.3 Å². The van der Waals surface area contributed by atoms with E-state index in [4.69, 9.17) is 9.72 Å². The lowest BCUT2D eigenvalue weighted by Gasteiger charge is -2.35. The lowest BCUT2D eigenvalue weighted by atomic mass is 9.70. The molecule has 2 atom stereocenters. The van der Waals surface area contributed by atoms with Gasteiger partial charge >= 0.3 is 5.97 Å². The smallest absolute Gasteiger partial charge is 0.339 e. The molecular weight excluding hydrogens is 412 g/mol. The van der Waals surface area contributed by atoms with Crippen LogP contribution < -0.4 is 5.32 Å². The monoisotopic (exact) mass is 444 g/mol. The second kappa shape index (κ2) is 9.34. The molecule has 1 aliphatic rings. The third kappa shape index (κ3) is 5.08. The summed E-state index contributed by atoms with van der Waals surface area (Å²) in [6.07, 6.45) is 2.69. The molecule has 0 saturated heterocycles. The Kier molecular flexibility index (Phi) is 6.50. The highest BCUT2D eigenvalue weighted by atomic mass is 16.5. The SMILES string of the molecule is C[C@@H](NC(=O)COC(=O)c1c2c(nc3ccccc13)CC[C@@H](C(C)(C)C)C2)c1ccccc1. The Morgan fingerprint density at radius 2 is 1.79 bits per heavy atom. The van der Waals surface area contributed by atoms with Crippen molar-refractivity contribution in [3.8, 4) is 0 Å². The number of rotatable bonds is 5. The number of aromatic nitrogens is 1. The molecule has 0 bridgehead atoms. The molecule has 3 aromatic rings. The van der Waals surface area contributed by atoms with Gasteiger partial charge < -0.3 is 10.1 Å². The number of hydrogen-bond acceptors (Lipinski definition) is 4. The first-order valence-corrected chi connectivity index (χ1v) is 11.7. The molecule has 5 nitrogen and oxygen atoms in total. The van der Waals surface area contributed by atoms with Crippen molar-refractivity contribution in [3.05, 3.63) is 77.0 Å². The maximum absolute atomic E-state index is 13.3. The van der Waals surface area contributed by atoms with Gasteiger partial charge in [-0.25, -0.2) is 4.79 Å². The zero-order valence-electron chi connectivity index (χ0n) is 19.9. The zero-order chi connectivity index (χ0) is 23.6. The predicted molar refractivity (Wildman–Crippen MR) is 130 cm³/mol. The van der Waals surface area contributed by atoms with Gasteiger partial charge in [-0.2, -0.15) is 0 Å². The van der Waals surface area contributed by atoms with E-state index in [9.17, 15) is 9.59 Å². The fourth-order valence-electron chi connectivity index (χ4n) is 4.67. The van der Waals surface area contributed by atoms with Crippen LogP contribution in [0.1, 0.15) is 67.3 Å². The normalized spacial score (nSPS) is 16.7. The summed E-state index contributed by atoms with van der Waals surface area (Å²) >= 11 is 0. The van der Waals surface area contributed by atoms with Gasteiger partial charge in [0.1, 0.15) is 0 Å². The van der Waals surface area contributed by atoms with Gasteiger partial charge in [-0.05, 0) is 54.7 Å². The molecule has 0 unspecified atom stereocenters. The summed E-state index contributed by atoms with van der Waals surface area (Å²) in [7, 11) is 0. The minimum Gasteiger partial charge on any atom is -0.452 e. The number of aryl methyl sites for hydroxylation is 1. The van der Waals surface area contributed by atoms with E-state index in [1.807, 2.05) is 61.5 Å². The number of pyridine rings is 1. The van der Waals surface area contributed by atoms with Crippen molar-refractivity contribution in [3.63, 3.8) is 0 Å². The Hall–Kier alpha value is -3.21. The summed E-state index contributed by atoms with van der Waals surface area (Å²) in [6, 6.07) is 17.2. The molecule has 1 N–H and O–H groups in total. The van der Waals surface area contributed by atoms with Crippen molar-refractivity contribution in [2.45, 2.75) is 53.0 Å². The fourth-order valence-corrected chi connectivity index (χ4v) is 4.67. The minimum atomic E-state index is -0.457. The van der Waals surface area contributed by atoms with Crippen LogP contribution in [0.2, 0.25) is 0 Å². The maximum Gasteiger partial charge on any atom is 0.339 e. The van der Waals surface area contributed by atoms with Gasteiger partial charge in [0.25, 0.3) is 5.91 Å². The highest BCUT2D eigenvalue weighted by Gasteiger charge is 2.33. The number of hydrogen-bond donors (Lipinski definition) is 1. The molecule has 172 valence electrons. The Morgan fingerprint density at radius 1 is 1.09 bits per heavy atom. The number of benzene rings is 2. The lowest BCUT2D eigenvalue weighted by Crippen LogP contribution is -2.32. The molecule has 5 heteroatoms. The first-order chi connectivity index (χ1) is 15.7. The van der Waals surface area contributed by atoms with Crippen LogP contribution in [0.5, 0.6) is 0 Å². The van der Waals surface area contributed by atoms with Crippen LogP contribution >= 0.6 is 0 Å². The van der Waals surface area contributed by atoms with Gasteiger partial charge in [-0.1, -0.05) is 69.3 Å². The first kappa shape index (κ1) is 23.0. The van der Waals surface area contributed by atoms with E-state index in [1.54, 1.807) is 0 Å². The molecular formula is C28H32N2O3. The van der Waals surface area contributed by atoms with Crippen LogP contribution in [-0.2, 0) is 22.4 Å². The average molecular weight is 445 g/mol. The van der Waals surface area contributed by atoms with E-state index >= 15 is 0 Å². The number of ether oxygens (including phenoxy) is 1. The Balaban J connectivity index is 1.55. The van der Waals surface area contributed by atoms with Crippen LogP contribution in [0.4, 0.5) is 0 Å². The first-order valence-electron chi connectivity index (χ1n) is 11.7. The number of nitrogens with one attached hydrogen (secondary N) is 1. The predicted octanol–water partition coefficient (Wildman–Crippen LogP) is 5.42. The second-order valence-corrected chi connectivity index (χ2v) is 10.0. The number of carbonyl (C=O) groups is 2. The van der Waals surface area contributed by atoms with E-state index in [1.165, 1.54) is 0 Å². The van der Waals surface area contributed by atoms with Crippen LogP contribution in [0.3, 0.4) is 0 Å². The number of nitrogens with zero attached hydrogens (tertiary/aromatic N) is 1. The summed E-state index contributed by atoms with van der Waals surface area (Å²) in [5.41, 5.74) is 4.44. The standard InChI is InChI=1S/C28H32N2O3/c1-18(19-10-6-5-7-11-19)29-25(31)17-33-27(32)26-21-12-8-9-13-23(21)30-24-15-14-20(16-22(24)26)28(2,3)4/h5-13,18,20H,14-17H2,1-4H3,(H,29,31)/t18-,20-/m1/s1. The van der Waals surface area contributed by atoms with Crippen LogP contribution in [0.15, 0.2) is 54.6 Å². The molecule has 4 rings (SSSR count). The Bertz CT molecular complexity index is 1160. The van der Waals surface area contributed by atoms with Crippen molar-refractivity contribution >= 4 is 22.8 Å². The molecule has 0 fully saturated rings. The van der Waals surface area contributed by atoms with Crippen LogP contribution in [-0.4, -0.2) is 23.5 Å². The van der Waals surface area contributed by atoms with Gasteiger partial charge in [0, 0.05) is 11.1 Å². The zero-order valence-corrected chi connectivity index (χ0v) is 19.9. The molecule has 1 heterocycles. The summed E-state index contributed by atoms with van der Waals surface area (Å²) < 4.78 is 5.54. The molecule has 1 aliphatic carbocycles. The van der Waals surface area contributed by atoms with Gasteiger partial charge in [-0.15, -0.1) is 0 Å². The van der Waals surface area contributed by atoms with Gasteiger partial charge in [0.05, 0.1) is 17.1 Å². The summed E-state index contributed by atoms with van der Waals surface area (Å²) in [6.45, 7) is 8.33. The Labute approximate surface area is 195 Å². The maximum atomic E-state index is 13.3. The number of para-hydroxylation sites is 1. The van der Waals surface area contributed by atoms with Gasteiger partial charge in [0.2, 0.25) is 0 Å². The molecule has 1 aromatic heterocycles.